The summed E-state index contributed by atoms with van der Waals surface area (Å²) in [6, 6.07) is 1.75. The Bertz CT molecular complexity index is 624. The molecule has 162 valence electrons. The summed E-state index contributed by atoms with van der Waals surface area (Å²) in [7, 11) is -2.24. The monoisotopic (exact) mass is 436 g/mol. The van der Waals surface area contributed by atoms with Crippen molar-refractivity contribution < 1.29 is 32.3 Å². The van der Waals surface area contributed by atoms with Crippen LogP contribution < -0.4 is 0 Å². The molecule has 9 heteroatoms. The molecule has 28 heavy (non-hydrogen) atoms. The Balaban J connectivity index is 3.61. The van der Waals surface area contributed by atoms with Crippen molar-refractivity contribution in [2.75, 3.05) is 32.7 Å². The first kappa shape index (κ1) is 25.2. The number of esters is 1. The maximum Gasteiger partial charge on any atom is 0.354 e. The van der Waals surface area contributed by atoms with Gasteiger partial charge >= 0.3 is 13.6 Å². The first-order valence-electron chi connectivity index (χ1n) is 9.69. The fraction of sp³-hybridized carbons (Fsp3) is 0.737. The lowest BCUT2D eigenvalue weighted by Crippen LogP contribution is -2.30. The molecule has 0 bridgehead atoms. The summed E-state index contributed by atoms with van der Waals surface area (Å²) in [4.78, 5) is 12.6. The van der Waals surface area contributed by atoms with E-state index in [0.717, 1.165) is 12.8 Å². The fourth-order valence-corrected chi connectivity index (χ4v) is 7.29. The van der Waals surface area contributed by atoms with E-state index in [9.17, 15) is 9.36 Å². The van der Waals surface area contributed by atoms with Crippen molar-refractivity contribution >= 4 is 25.3 Å². The van der Waals surface area contributed by atoms with Gasteiger partial charge in [0.15, 0.2) is 4.49 Å². The second kappa shape index (κ2) is 12.7. The summed E-state index contributed by atoms with van der Waals surface area (Å²) >= 11 is 1.37. The molecule has 0 aliphatic rings. The molecule has 0 saturated heterocycles. The van der Waals surface area contributed by atoms with Crippen LogP contribution in [0.1, 0.15) is 58.3 Å². The van der Waals surface area contributed by atoms with Crippen molar-refractivity contribution in [2.45, 2.75) is 58.1 Å². The Morgan fingerprint density at radius 3 is 2.39 bits per heavy atom. The third-order valence-corrected chi connectivity index (χ3v) is 8.77. The highest BCUT2D eigenvalue weighted by Gasteiger charge is 2.57. The van der Waals surface area contributed by atoms with Crippen LogP contribution in [0.15, 0.2) is 16.7 Å². The molecule has 0 amide bonds. The standard InChI is InChI=1S/C19H33O7PS/c1-6-10-13-28-19(14-17(20)23-7-2,27(21,25-8-3)26-9-4)18-16(15-22-5)11-12-24-18/h11-12H,6-10,13-15H2,1-5H3. The zero-order chi connectivity index (χ0) is 21.0. The van der Waals surface area contributed by atoms with Crippen LogP contribution in [0.2, 0.25) is 0 Å². The first-order chi connectivity index (χ1) is 13.4. The molecule has 1 atom stereocenters. The predicted octanol–water partition coefficient (Wildman–Crippen LogP) is 5.33. The zero-order valence-electron chi connectivity index (χ0n) is 17.5. The Morgan fingerprint density at radius 2 is 1.86 bits per heavy atom. The van der Waals surface area contributed by atoms with Crippen molar-refractivity contribution in [3.05, 3.63) is 23.7 Å². The van der Waals surface area contributed by atoms with E-state index in [-0.39, 0.29) is 32.8 Å². The largest absolute Gasteiger partial charge is 0.467 e. The SMILES string of the molecule is CCCCSC(CC(=O)OCC)(c1occc1COC)P(=O)(OCC)OCC. The number of thioether (sulfide) groups is 1. The molecule has 0 N–H and O–H groups in total. The number of carbonyl (C=O) groups is 1. The molecule has 1 aromatic heterocycles. The lowest BCUT2D eigenvalue weighted by Gasteiger charge is -2.37. The molecule has 1 rings (SSSR count). The normalized spacial score (nSPS) is 14.0. The second-order valence-corrected chi connectivity index (χ2v) is 9.98. The Morgan fingerprint density at radius 1 is 1.18 bits per heavy atom. The van der Waals surface area contributed by atoms with E-state index in [1.807, 2.05) is 0 Å². The van der Waals surface area contributed by atoms with Gasteiger partial charge in [-0.3, -0.25) is 9.36 Å². The number of unbranched alkanes of at least 4 members (excludes halogenated alkanes) is 1. The maximum atomic E-state index is 14.1. The summed E-state index contributed by atoms with van der Waals surface area (Å²) in [6.07, 6.45) is 3.16. The molecular formula is C19H33O7PS. The van der Waals surface area contributed by atoms with Gasteiger partial charge in [0.1, 0.15) is 5.76 Å². The minimum Gasteiger partial charge on any atom is -0.467 e. The van der Waals surface area contributed by atoms with E-state index in [2.05, 4.69) is 6.92 Å². The Labute approximate surface area is 172 Å². The highest BCUT2D eigenvalue weighted by molar-refractivity contribution is 8.05. The Kier molecular flexibility index (Phi) is 11.5. The number of carbonyl (C=O) groups excluding carboxylic acids is 1. The van der Waals surface area contributed by atoms with Gasteiger partial charge in [-0.2, -0.15) is 0 Å². The van der Waals surface area contributed by atoms with Gasteiger partial charge in [0.2, 0.25) is 0 Å². The van der Waals surface area contributed by atoms with Crippen LogP contribution in [0.25, 0.3) is 0 Å². The molecule has 0 aliphatic heterocycles. The molecule has 0 spiro atoms. The minimum absolute atomic E-state index is 0.177. The van der Waals surface area contributed by atoms with Gasteiger partial charge in [0.25, 0.3) is 0 Å². The summed E-state index contributed by atoms with van der Waals surface area (Å²) in [5.41, 5.74) is 0.704. The molecule has 7 nitrogen and oxygen atoms in total. The first-order valence-corrected chi connectivity index (χ1v) is 12.2. The van der Waals surface area contributed by atoms with E-state index in [1.54, 1.807) is 33.9 Å². The van der Waals surface area contributed by atoms with Crippen molar-refractivity contribution in [3.63, 3.8) is 0 Å². The quantitative estimate of drug-likeness (QED) is 0.207. The van der Waals surface area contributed by atoms with Gasteiger partial charge in [0, 0.05) is 12.7 Å². The van der Waals surface area contributed by atoms with Crippen molar-refractivity contribution in [2.24, 2.45) is 0 Å². The molecule has 0 saturated carbocycles. The molecule has 1 aromatic rings. The predicted molar refractivity (Wildman–Crippen MR) is 111 cm³/mol. The van der Waals surface area contributed by atoms with Crippen LogP contribution in [-0.2, 0) is 39.0 Å². The lowest BCUT2D eigenvalue weighted by molar-refractivity contribution is -0.143. The van der Waals surface area contributed by atoms with E-state index in [4.69, 9.17) is 22.9 Å². The smallest absolute Gasteiger partial charge is 0.354 e. The average molecular weight is 437 g/mol. The van der Waals surface area contributed by atoms with Crippen LogP contribution in [0.4, 0.5) is 0 Å². The number of methoxy groups -OCH3 is 1. The summed E-state index contributed by atoms with van der Waals surface area (Å²) in [6.45, 7) is 8.13. The van der Waals surface area contributed by atoms with E-state index < -0.39 is 18.1 Å². The van der Waals surface area contributed by atoms with Gasteiger partial charge in [-0.05, 0) is 39.0 Å². The molecular weight excluding hydrogens is 403 g/mol. The maximum absolute atomic E-state index is 14.1. The van der Waals surface area contributed by atoms with Crippen LogP contribution in [0.3, 0.4) is 0 Å². The van der Waals surface area contributed by atoms with Gasteiger partial charge < -0.3 is 22.9 Å². The molecule has 0 aliphatic carbocycles. The highest BCUT2D eigenvalue weighted by atomic mass is 32.2. The third-order valence-electron chi connectivity index (χ3n) is 3.97. The van der Waals surface area contributed by atoms with E-state index in [0.29, 0.717) is 17.1 Å². The third kappa shape index (κ3) is 6.10. The molecule has 1 unspecified atom stereocenters. The number of ether oxygens (including phenoxy) is 2. The number of furan rings is 1. The van der Waals surface area contributed by atoms with Gasteiger partial charge in [-0.1, -0.05) is 13.3 Å². The van der Waals surface area contributed by atoms with E-state index in [1.165, 1.54) is 18.0 Å². The van der Waals surface area contributed by atoms with Crippen molar-refractivity contribution in [1.29, 1.82) is 0 Å². The van der Waals surface area contributed by atoms with Crippen molar-refractivity contribution in [3.8, 4) is 0 Å². The van der Waals surface area contributed by atoms with Gasteiger partial charge in [0.05, 0.1) is 39.1 Å². The van der Waals surface area contributed by atoms with Crippen LogP contribution >= 0.6 is 19.4 Å². The minimum atomic E-state index is -3.80. The summed E-state index contributed by atoms with van der Waals surface area (Å²) in [5.74, 6) is 0.562. The zero-order valence-corrected chi connectivity index (χ0v) is 19.2. The fourth-order valence-electron chi connectivity index (χ4n) is 2.82. The van der Waals surface area contributed by atoms with Crippen LogP contribution in [0.5, 0.6) is 0 Å². The molecule has 0 fully saturated rings. The molecule has 0 aromatic carbocycles. The average Bonchev–Trinajstić information content (AvgIpc) is 3.10. The number of hydrogen-bond donors (Lipinski definition) is 0. The highest BCUT2D eigenvalue weighted by Crippen LogP contribution is 2.72. The van der Waals surface area contributed by atoms with E-state index >= 15 is 0 Å². The van der Waals surface area contributed by atoms with Crippen LogP contribution in [0, 0.1) is 0 Å². The molecule has 0 radical (unpaired) electrons. The number of rotatable bonds is 15. The van der Waals surface area contributed by atoms with Crippen LogP contribution in [-0.4, -0.2) is 38.7 Å². The Hall–Kier alpha value is -0.790. The lowest BCUT2D eigenvalue weighted by atomic mass is 10.1. The topological polar surface area (TPSA) is 84.2 Å². The summed E-state index contributed by atoms with van der Waals surface area (Å²) in [5, 5.41) is 0. The second-order valence-electron chi connectivity index (χ2n) is 6.01. The van der Waals surface area contributed by atoms with Gasteiger partial charge in [-0.25, -0.2) is 0 Å². The van der Waals surface area contributed by atoms with Gasteiger partial charge in [-0.15, -0.1) is 11.8 Å². The number of hydrogen-bond acceptors (Lipinski definition) is 8. The molecule has 1 heterocycles. The summed E-state index contributed by atoms with van der Waals surface area (Å²) < 4.78 is 40.4. The van der Waals surface area contributed by atoms with Crippen molar-refractivity contribution in [1.82, 2.24) is 0 Å².